The number of aliphatic imine (C=N–C) groups is 1. The molecule has 72 valence electrons. The Morgan fingerprint density at radius 3 is 3.21 bits per heavy atom. The van der Waals surface area contributed by atoms with Crippen molar-refractivity contribution in [2.75, 3.05) is 0 Å². The van der Waals surface area contributed by atoms with Gasteiger partial charge in [-0.25, -0.2) is 9.98 Å². The molecule has 0 unspecified atom stereocenters. The summed E-state index contributed by atoms with van der Waals surface area (Å²) < 4.78 is 0. The highest BCUT2D eigenvalue weighted by atomic mass is 16.1. The molecule has 0 aromatic carbocycles. The third-order valence-electron chi connectivity index (χ3n) is 2.29. The summed E-state index contributed by atoms with van der Waals surface area (Å²) in [7, 11) is 0. The highest BCUT2D eigenvalue weighted by Gasteiger charge is 2.07. The number of nitrogens with zero attached hydrogens (tertiary/aromatic N) is 2. The van der Waals surface area contributed by atoms with E-state index in [1.807, 2.05) is 12.3 Å². The molecule has 0 aliphatic carbocycles. The Morgan fingerprint density at radius 2 is 2.36 bits per heavy atom. The third kappa shape index (κ3) is 1.87. The summed E-state index contributed by atoms with van der Waals surface area (Å²) in [6, 6.07) is 4.06. The van der Waals surface area contributed by atoms with E-state index in [0.29, 0.717) is 12.8 Å². The number of rotatable bonds is 3. The van der Waals surface area contributed by atoms with Gasteiger partial charge in [0.15, 0.2) is 5.82 Å². The topological polar surface area (TPSA) is 42.3 Å². The van der Waals surface area contributed by atoms with Crippen LogP contribution >= 0.6 is 0 Å². The quantitative estimate of drug-likeness (QED) is 0.679. The van der Waals surface area contributed by atoms with Crippen molar-refractivity contribution in [2.24, 2.45) is 4.99 Å². The van der Waals surface area contributed by atoms with Gasteiger partial charge in [0, 0.05) is 18.3 Å². The Balaban J connectivity index is 2.21. The van der Waals surface area contributed by atoms with Crippen LogP contribution in [0.3, 0.4) is 0 Å². The van der Waals surface area contributed by atoms with Crippen molar-refractivity contribution in [3.63, 3.8) is 0 Å². The molecule has 0 amide bonds. The summed E-state index contributed by atoms with van der Waals surface area (Å²) >= 11 is 0. The number of hydrogen-bond acceptors (Lipinski definition) is 3. The summed E-state index contributed by atoms with van der Waals surface area (Å²) in [5, 5.41) is 0. The molecule has 1 aromatic rings. The Hall–Kier alpha value is -1.51. The first-order valence-corrected chi connectivity index (χ1v) is 4.85. The van der Waals surface area contributed by atoms with Crippen LogP contribution in [0.25, 0.3) is 0 Å². The van der Waals surface area contributed by atoms with Crippen molar-refractivity contribution in [3.05, 3.63) is 23.4 Å². The number of carbonyl (C=O) groups excluding carboxylic acids is 1. The maximum atomic E-state index is 10.2. The average Bonchev–Trinajstić information content (AvgIpc) is 2.26. The van der Waals surface area contributed by atoms with Crippen LogP contribution in [0.5, 0.6) is 0 Å². The SMILES string of the molecule is O=CCCc1ccc2c(n1)N=CCC2. The van der Waals surface area contributed by atoms with Crippen molar-refractivity contribution in [1.29, 1.82) is 0 Å². The molecule has 3 nitrogen and oxygen atoms in total. The average molecular weight is 188 g/mol. The predicted molar refractivity (Wildman–Crippen MR) is 55.1 cm³/mol. The number of pyridine rings is 1. The second-order valence-corrected chi connectivity index (χ2v) is 3.34. The summed E-state index contributed by atoms with van der Waals surface area (Å²) in [4.78, 5) is 18.8. The second kappa shape index (κ2) is 4.13. The van der Waals surface area contributed by atoms with Gasteiger partial charge in [-0.1, -0.05) is 6.07 Å². The Bertz CT molecular complexity index is 372. The molecule has 14 heavy (non-hydrogen) atoms. The molecule has 0 atom stereocenters. The van der Waals surface area contributed by atoms with Gasteiger partial charge in [0.05, 0.1) is 0 Å². The normalized spacial score (nSPS) is 13.7. The van der Waals surface area contributed by atoms with E-state index >= 15 is 0 Å². The summed E-state index contributed by atoms with van der Waals surface area (Å²) in [5.74, 6) is 0.833. The van der Waals surface area contributed by atoms with Crippen molar-refractivity contribution in [3.8, 4) is 0 Å². The largest absolute Gasteiger partial charge is 0.303 e. The first-order valence-electron chi connectivity index (χ1n) is 4.85. The zero-order valence-corrected chi connectivity index (χ0v) is 7.94. The third-order valence-corrected chi connectivity index (χ3v) is 2.29. The van der Waals surface area contributed by atoms with E-state index in [0.717, 1.165) is 30.6 Å². The molecule has 0 saturated carbocycles. The molecule has 0 fully saturated rings. The van der Waals surface area contributed by atoms with Gasteiger partial charge >= 0.3 is 0 Å². The number of aryl methyl sites for hydroxylation is 2. The van der Waals surface area contributed by atoms with Gasteiger partial charge in [0.2, 0.25) is 0 Å². The van der Waals surface area contributed by atoms with Gasteiger partial charge in [-0.05, 0) is 30.9 Å². The van der Waals surface area contributed by atoms with Crippen molar-refractivity contribution < 1.29 is 4.79 Å². The molecule has 1 aromatic heterocycles. The van der Waals surface area contributed by atoms with Crippen LogP contribution in [0.4, 0.5) is 5.82 Å². The fourth-order valence-electron chi connectivity index (χ4n) is 1.54. The summed E-state index contributed by atoms with van der Waals surface area (Å²) in [5.41, 5.74) is 2.16. The number of aromatic nitrogens is 1. The number of hydrogen-bond donors (Lipinski definition) is 0. The second-order valence-electron chi connectivity index (χ2n) is 3.34. The number of carbonyl (C=O) groups is 1. The van der Waals surface area contributed by atoms with E-state index in [-0.39, 0.29) is 0 Å². The molecule has 0 radical (unpaired) electrons. The first kappa shape index (κ1) is 9.06. The van der Waals surface area contributed by atoms with Gasteiger partial charge in [-0.3, -0.25) is 0 Å². The molecule has 2 heterocycles. The molecule has 1 aliphatic heterocycles. The predicted octanol–water partition coefficient (Wildman–Crippen LogP) is 1.86. The first-order chi connectivity index (χ1) is 6.90. The maximum Gasteiger partial charge on any atom is 0.154 e. The minimum atomic E-state index is 0.537. The summed E-state index contributed by atoms with van der Waals surface area (Å²) in [6.07, 6.45) is 6.10. The zero-order chi connectivity index (χ0) is 9.80. The lowest BCUT2D eigenvalue weighted by Crippen LogP contribution is -1.99. The van der Waals surface area contributed by atoms with Crippen molar-refractivity contribution >= 4 is 18.3 Å². The Labute approximate surface area is 82.9 Å². The van der Waals surface area contributed by atoms with Gasteiger partial charge in [0.25, 0.3) is 0 Å². The van der Waals surface area contributed by atoms with E-state index in [1.165, 1.54) is 5.56 Å². The van der Waals surface area contributed by atoms with Crippen LogP contribution in [-0.2, 0) is 17.6 Å². The van der Waals surface area contributed by atoms with Gasteiger partial charge in [0.1, 0.15) is 6.29 Å². The fraction of sp³-hybridized carbons (Fsp3) is 0.364. The molecule has 0 spiro atoms. The standard InChI is InChI=1S/C11H12N2O/c14-8-2-4-10-6-5-9-3-1-7-12-11(9)13-10/h5-8H,1-4H2. The molecular weight excluding hydrogens is 176 g/mol. The van der Waals surface area contributed by atoms with Crippen molar-refractivity contribution in [1.82, 2.24) is 4.98 Å². The molecule has 1 aliphatic rings. The zero-order valence-electron chi connectivity index (χ0n) is 7.94. The van der Waals surface area contributed by atoms with Crippen LogP contribution in [0, 0.1) is 0 Å². The minimum absolute atomic E-state index is 0.537. The van der Waals surface area contributed by atoms with E-state index < -0.39 is 0 Å². The van der Waals surface area contributed by atoms with Crippen LogP contribution in [-0.4, -0.2) is 17.5 Å². The molecule has 3 heteroatoms. The highest BCUT2D eigenvalue weighted by molar-refractivity contribution is 5.66. The smallest absolute Gasteiger partial charge is 0.154 e. The van der Waals surface area contributed by atoms with Gasteiger partial charge in [-0.2, -0.15) is 0 Å². The monoisotopic (exact) mass is 188 g/mol. The summed E-state index contributed by atoms with van der Waals surface area (Å²) in [6.45, 7) is 0. The molecule has 2 rings (SSSR count). The van der Waals surface area contributed by atoms with E-state index in [9.17, 15) is 4.79 Å². The lowest BCUT2D eigenvalue weighted by atomic mass is 10.1. The minimum Gasteiger partial charge on any atom is -0.303 e. The lowest BCUT2D eigenvalue weighted by molar-refractivity contribution is -0.107. The molecule has 0 bridgehead atoms. The van der Waals surface area contributed by atoms with Crippen LogP contribution < -0.4 is 0 Å². The van der Waals surface area contributed by atoms with E-state index in [2.05, 4.69) is 16.0 Å². The Kier molecular flexibility index (Phi) is 2.68. The van der Waals surface area contributed by atoms with Crippen LogP contribution in [0.2, 0.25) is 0 Å². The van der Waals surface area contributed by atoms with Crippen LogP contribution in [0.1, 0.15) is 24.1 Å². The van der Waals surface area contributed by atoms with Crippen molar-refractivity contribution in [2.45, 2.75) is 25.7 Å². The highest BCUT2D eigenvalue weighted by Crippen LogP contribution is 2.21. The molecular formula is C11H12N2O. The van der Waals surface area contributed by atoms with E-state index in [1.54, 1.807) is 0 Å². The fourth-order valence-corrected chi connectivity index (χ4v) is 1.54. The van der Waals surface area contributed by atoms with E-state index in [4.69, 9.17) is 0 Å². The number of fused-ring (bicyclic) bond motifs is 1. The Morgan fingerprint density at radius 1 is 1.43 bits per heavy atom. The molecule has 0 N–H and O–H groups in total. The van der Waals surface area contributed by atoms with Gasteiger partial charge in [-0.15, -0.1) is 0 Å². The van der Waals surface area contributed by atoms with Gasteiger partial charge < -0.3 is 4.79 Å². The molecule has 0 saturated heterocycles. The maximum absolute atomic E-state index is 10.2. The van der Waals surface area contributed by atoms with Crippen LogP contribution in [0.15, 0.2) is 17.1 Å². The lowest BCUT2D eigenvalue weighted by Gasteiger charge is -2.09. The number of aldehydes is 1.